The summed E-state index contributed by atoms with van der Waals surface area (Å²) in [6.45, 7) is 5.90. The third-order valence-corrected chi connectivity index (χ3v) is 6.27. The third kappa shape index (κ3) is 3.55. The van der Waals surface area contributed by atoms with E-state index in [0.717, 1.165) is 12.5 Å². The summed E-state index contributed by atoms with van der Waals surface area (Å²) < 4.78 is 25.2. The molecule has 0 unspecified atom stereocenters. The standard InChI is InChI=1S/C13H23N5O2S/c1-13(2)11-17(9-10-21(13,19)20)12(14-3)15-6-8-18-7-4-5-16-18/h4-5,7H,6,8-11H2,1-3H3,(H,14,15). The molecular formula is C13H23N5O2S. The van der Waals surface area contributed by atoms with Gasteiger partial charge in [0.2, 0.25) is 0 Å². The van der Waals surface area contributed by atoms with E-state index in [0.29, 0.717) is 19.6 Å². The zero-order valence-electron chi connectivity index (χ0n) is 12.8. The Morgan fingerprint density at radius 3 is 2.81 bits per heavy atom. The van der Waals surface area contributed by atoms with Gasteiger partial charge in [0.1, 0.15) is 0 Å². The lowest BCUT2D eigenvalue weighted by atomic mass is 10.2. The summed E-state index contributed by atoms with van der Waals surface area (Å²) in [5.74, 6) is 0.907. The van der Waals surface area contributed by atoms with Gasteiger partial charge < -0.3 is 10.2 Å². The Balaban J connectivity index is 1.93. The fraction of sp³-hybridized carbons (Fsp3) is 0.692. The van der Waals surface area contributed by atoms with Gasteiger partial charge in [-0.3, -0.25) is 9.67 Å². The lowest BCUT2D eigenvalue weighted by Crippen LogP contribution is -2.57. The summed E-state index contributed by atoms with van der Waals surface area (Å²) in [6, 6.07) is 1.88. The lowest BCUT2D eigenvalue weighted by molar-refractivity contribution is 0.352. The third-order valence-electron chi connectivity index (χ3n) is 3.74. The Morgan fingerprint density at radius 2 is 2.24 bits per heavy atom. The predicted octanol–water partition coefficient (Wildman–Crippen LogP) is -0.0325. The van der Waals surface area contributed by atoms with Crippen molar-refractivity contribution in [1.82, 2.24) is 20.0 Å². The highest BCUT2D eigenvalue weighted by atomic mass is 32.2. The van der Waals surface area contributed by atoms with E-state index >= 15 is 0 Å². The van der Waals surface area contributed by atoms with Crippen molar-refractivity contribution < 1.29 is 8.42 Å². The van der Waals surface area contributed by atoms with Gasteiger partial charge in [-0.15, -0.1) is 0 Å². The molecule has 7 nitrogen and oxygen atoms in total. The van der Waals surface area contributed by atoms with Crippen molar-refractivity contribution in [3.63, 3.8) is 0 Å². The summed E-state index contributed by atoms with van der Waals surface area (Å²) in [6.07, 6.45) is 3.65. The first-order valence-corrected chi connectivity index (χ1v) is 8.66. The Bertz CT molecular complexity index is 592. The molecular weight excluding hydrogens is 290 g/mol. The van der Waals surface area contributed by atoms with Crippen molar-refractivity contribution in [2.75, 3.05) is 32.4 Å². The smallest absolute Gasteiger partial charge is 0.193 e. The van der Waals surface area contributed by atoms with Crippen molar-refractivity contribution in [2.24, 2.45) is 4.99 Å². The molecule has 1 aliphatic heterocycles. The number of rotatable bonds is 3. The van der Waals surface area contributed by atoms with Gasteiger partial charge in [-0.2, -0.15) is 5.10 Å². The minimum Gasteiger partial charge on any atom is -0.354 e. The van der Waals surface area contributed by atoms with Crippen molar-refractivity contribution in [3.8, 4) is 0 Å². The van der Waals surface area contributed by atoms with Gasteiger partial charge in [0.05, 0.1) is 17.0 Å². The molecule has 1 aliphatic rings. The number of aromatic nitrogens is 2. The SMILES string of the molecule is CN=C(NCCn1cccn1)N1CCS(=O)(=O)C(C)(C)C1. The minimum atomic E-state index is -3.03. The van der Waals surface area contributed by atoms with Crippen LogP contribution in [0.5, 0.6) is 0 Å². The number of nitrogens with zero attached hydrogens (tertiary/aromatic N) is 4. The van der Waals surface area contributed by atoms with Crippen LogP contribution in [-0.2, 0) is 16.4 Å². The summed E-state index contributed by atoms with van der Waals surface area (Å²) >= 11 is 0. The van der Waals surface area contributed by atoms with Crippen LogP contribution >= 0.6 is 0 Å². The monoisotopic (exact) mass is 313 g/mol. The number of guanidine groups is 1. The average molecular weight is 313 g/mol. The van der Waals surface area contributed by atoms with E-state index in [1.54, 1.807) is 27.1 Å². The first-order chi connectivity index (χ1) is 9.86. The minimum absolute atomic E-state index is 0.167. The fourth-order valence-electron chi connectivity index (χ4n) is 2.37. The molecule has 0 aliphatic carbocycles. The summed E-state index contributed by atoms with van der Waals surface area (Å²) in [5, 5.41) is 7.40. The van der Waals surface area contributed by atoms with Gasteiger partial charge in [0.25, 0.3) is 0 Å². The van der Waals surface area contributed by atoms with Crippen LogP contribution in [0.4, 0.5) is 0 Å². The second-order valence-corrected chi connectivity index (χ2v) is 8.49. The number of aliphatic imine (C=N–C) groups is 1. The number of hydrogen-bond acceptors (Lipinski definition) is 4. The van der Waals surface area contributed by atoms with Crippen LogP contribution in [0.25, 0.3) is 0 Å². The first kappa shape index (κ1) is 15.8. The zero-order valence-corrected chi connectivity index (χ0v) is 13.6. The van der Waals surface area contributed by atoms with E-state index in [1.807, 2.05) is 21.8 Å². The second-order valence-electron chi connectivity index (χ2n) is 5.74. The molecule has 2 rings (SSSR count). The predicted molar refractivity (Wildman–Crippen MR) is 83.0 cm³/mol. The maximum atomic E-state index is 12.0. The quantitative estimate of drug-likeness (QED) is 0.626. The molecule has 0 spiro atoms. The molecule has 21 heavy (non-hydrogen) atoms. The van der Waals surface area contributed by atoms with Crippen molar-refractivity contribution in [2.45, 2.75) is 25.1 Å². The van der Waals surface area contributed by atoms with E-state index in [9.17, 15) is 8.42 Å². The van der Waals surface area contributed by atoms with Gasteiger partial charge in [-0.05, 0) is 19.9 Å². The van der Waals surface area contributed by atoms with Crippen LogP contribution in [0.1, 0.15) is 13.8 Å². The van der Waals surface area contributed by atoms with Crippen LogP contribution in [-0.4, -0.2) is 66.2 Å². The molecule has 1 N–H and O–H groups in total. The molecule has 2 heterocycles. The molecule has 8 heteroatoms. The van der Waals surface area contributed by atoms with Crippen LogP contribution < -0.4 is 5.32 Å². The number of nitrogens with one attached hydrogen (secondary N) is 1. The molecule has 0 saturated carbocycles. The van der Waals surface area contributed by atoms with Crippen molar-refractivity contribution in [1.29, 1.82) is 0 Å². The molecule has 1 aromatic rings. The topological polar surface area (TPSA) is 79.6 Å². The van der Waals surface area contributed by atoms with Crippen LogP contribution in [0.15, 0.2) is 23.5 Å². The largest absolute Gasteiger partial charge is 0.354 e. The summed E-state index contributed by atoms with van der Waals surface area (Å²) in [7, 11) is -1.32. The van der Waals surface area contributed by atoms with Crippen molar-refractivity contribution in [3.05, 3.63) is 18.5 Å². The highest BCUT2D eigenvalue weighted by Crippen LogP contribution is 2.23. The Hall–Kier alpha value is -1.57. The number of hydrogen-bond donors (Lipinski definition) is 1. The Labute approximate surface area is 126 Å². The van der Waals surface area contributed by atoms with Gasteiger partial charge in [-0.1, -0.05) is 0 Å². The van der Waals surface area contributed by atoms with Gasteiger partial charge >= 0.3 is 0 Å². The molecule has 1 fully saturated rings. The molecule has 0 amide bonds. The van der Waals surface area contributed by atoms with E-state index in [1.165, 1.54) is 0 Å². The van der Waals surface area contributed by atoms with Crippen LogP contribution in [0.3, 0.4) is 0 Å². The van der Waals surface area contributed by atoms with Crippen LogP contribution in [0.2, 0.25) is 0 Å². The second kappa shape index (κ2) is 6.05. The maximum absolute atomic E-state index is 12.0. The van der Waals surface area contributed by atoms with E-state index in [-0.39, 0.29) is 5.75 Å². The van der Waals surface area contributed by atoms with E-state index < -0.39 is 14.6 Å². The molecule has 1 aromatic heterocycles. The molecule has 0 atom stereocenters. The highest BCUT2D eigenvalue weighted by Gasteiger charge is 2.40. The molecule has 0 radical (unpaired) electrons. The summed E-state index contributed by atoms with van der Waals surface area (Å²) in [5.41, 5.74) is 0. The number of sulfone groups is 1. The van der Waals surface area contributed by atoms with Gasteiger partial charge in [-0.25, -0.2) is 8.42 Å². The van der Waals surface area contributed by atoms with E-state index in [4.69, 9.17) is 0 Å². The van der Waals surface area contributed by atoms with Crippen LogP contribution in [0, 0.1) is 0 Å². The Kier molecular flexibility index (Phi) is 4.55. The lowest BCUT2D eigenvalue weighted by Gasteiger charge is -2.39. The normalized spacial score (nSPS) is 21.3. The van der Waals surface area contributed by atoms with Crippen molar-refractivity contribution >= 4 is 15.8 Å². The maximum Gasteiger partial charge on any atom is 0.193 e. The molecule has 118 valence electrons. The summed E-state index contributed by atoms with van der Waals surface area (Å²) in [4.78, 5) is 6.25. The average Bonchev–Trinajstić information content (AvgIpc) is 2.91. The fourth-order valence-corrected chi connectivity index (χ4v) is 3.74. The Morgan fingerprint density at radius 1 is 1.48 bits per heavy atom. The van der Waals surface area contributed by atoms with E-state index in [2.05, 4.69) is 15.4 Å². The molecule has 1 saturated heterocycles. The highest BCUT2D eigenvalue weighted by molar-refractivity contribution is 7.92. The van der Waals surface area contributed by atoms with Gasteiger partial charge in [0.15, 0.2) is 15.8 Å². The molecule has 0 aromatic carbocycles. The first-order valence-electron chi connectivity index (χ1n) is 7.01. The molecule has 0 bridgehead atoms. The zero-order chi connectivity index (χ0) is 15.5. The van der Waals surface area contributed by atoms with Gasteiger partial charge in [0, 0.05) is 39.1 Å².